The first-order valence-corrected chi connectivity index (χ1v) is 5.34. The zero-order chi connectivity index (χ0) is 13.1. The largest absolute Gasteiger partial charge is 0.456 e. The van der Waals surface area contributed by atoms with Crippen molar-refractivity contribution in [3.05, 3.63) is 24.0 Å². The Bertz CT molecular complexity index is 558. The van der Waals surface area contributed by atoms with E-state index in [-0.39, 0.29) is 13.2 Å². The van der Waals surface area contributed by atoms with Gasteiger partial charge in [0, 0.05) is 13.2 Å². The molecule has 0 unspecified atom stereocenters. The van der Waals surface area contributed by atoms with Gasteiger partial charge in [0.25, 0.3) is 0 Å². The second kappa shape index (κ2) is 4.86. The van der Waals surface area contributed by atoms with Crippen LogP contribution in [0.15, 0.2) is 12.4 Å². The molecule has 2 heterocycles. The van der Waals surface area contributed by atoms with Crippen LogP contribution in [0, 0.1) is 6.92 Å². The van der Waals surface area contributed by atoms with Gasteiger partial charge in [-0.25, -0.2) is 0 Å². The Hall–Kier alpha value is -2.38. The molecule has 0 saturated carbocycles. The van der Waals surface area contributed by atoms with Gasteiger partial charge >= 0.3 is 5.97 Å². The monoisotopic (exact) mass is 250 g/mol. The zero-order valence-electron chi connectivity index (χ0n) is 10.2. The van der Waals surface area contributed by atoms with Crippen molar-refractivity contribution in [1.29, 1.82) is 0 Å². The SMILES string of the molecule is Cc1nnc(COC(=O)Cn2cc(N)cn2)n1C. The van der Waals surface area contributed by atoms with E-state index >= 15 is 0 Å². The summed E-state index contributed by atoms with van der Waals surface area (Å²) in [5.41, 5.74) is 5.99. The minimum atomic E-state index is -0.404. The van der Waals surface area contributed by atoms with Crippen LogP contribution in [0.1, 0.15) is 11.6 Å². The molecule has 96 valence electrons. The lowest BCUT2D eigenvalue weighted by molar-refractivity contribution is -0.146. The van der Waals surface area contributed by atoms with Gasteiger partial charge in [-0.05, 0) is 6.92 Å². The van der Waals surface area contributed by atoms with E-state index in [9.17, 15) is 4.79 Å². The van der Waals surface area contributed by atoms with Crippen LogP contribution in [-0.2, 0) is 29.7 Å². The van der Waals surface area contributed by atoms with Gasteiger partial charge in [-0.1, -0.05) is 0 Å². The third kappa shape index (κ3) is 2.65. The maximum Gasteiger partial charge on any atom is 0.328 e. The Labute approximate surface area is 103 Å². The van der Waals surface area contributed by atoms with E-state index < -0.39 is 5.97 Å². The molecule has 8 nitrogen and oxygen atoms in total. The van der Waals surface area contributed by atoms with E-state index in [2.05, 4.69) is 15.3 Å². The molecule has 0 aliphatic carbocycles. The minimum Gasteiger partial charge on any atom is -0.456 e. The predicted molar refractivity (Wildman–Crippen MR) is 62.2 cm³/mol. The molecule has 2 aromatic rings. The Kier molecular flexibility index (Phi) is 3.26. The van der Waals surface area contributed by atoms with Crippen LogP contribution < -0.4 is 5.73 Å². The molecule has 0 atom stereocenters. The second-order valence-corrected chi connectivity index (χ2v) is 3.85. The van der Waals surface area contributed by atoms with Gasteiger partial charge in [0.2, 0.25) is 0 Å². The van der Waals surface area contributed by atoms with Gasteiger partial charge in [0.05, 0.1) is 11.9 Å². The standard InChI is InChI=1S/C10H14N6O2/c1-7-13-14-9(15(7)2)6-18-10(17)5-16-4-8(11)3-12-16/h3-4H,5-6,11H2,1-2H3. The van der Waals surface area contributed by atoms with E-state index in [0.29, 0.717) is 11.5 Å². The van der Waals surface area contributed by atoms with Gasteiger partial charge in [-0.3, -0.25) is 9.48 Å². The second-order valence-electron chi connectivity index (χ2n) is 3.85. The fourth-order valence-electron chi connectivity index (χ4n) is 1.37. The van der Waals surface area contributed by atoms with E-state index in [1.165, 1.54) is 10.9 Å². The molecule has 18 heavy (non-hydrogen) atoms. The summed E-state index contributed by atoms with van der Waals surface area (Å²) in [4.78, 5) is 11.5. The van der Waals surface area contributed by atoms with Crippen LogP contribution in [0.3, 0.4) is 0 Å². The van der Waals surface area contributed by atoms with Crippen LogP contribution in [0.5, 0.6) is 0 Å². The van der Waals surface area contributed by atoms with Crippen LogP contribution in [-0.4, -0.2) is 30.5 Å². The highest BCUT2D eigenvalue weighted by Crippen LogP contribution is 2.01. The van der Waals surface area contributed by atoms with Gasteiger partial charge in [0.15, 0.2) is 12.4 Å². The maximum atomic E-state index is 11.5. The number of carbonyl (C=O) groups is 1. The fraction of sp³-hybridized carbons (Fsp3) is 0.400. The first kappa shape index (κ1) is 12.1. The van der Waals surface area contributed by atoms with Crippen molar-refractivity contribution in [2.24, 2.45) is 7.05 Å². The Morgan fingerprint density at radius 2 is 2.28 bits per heavy atom. The summed E-state index contributed by atoms with van der Waals surface area (Å²) in [6, 6.07) is 0. The highest BCUT2D eigenvalue weighted by Gasteiger charge is 2.09. The number of ether oxygens (including phenoxy) is 1. The number of hydrogen-bond acceptors (Lipinski definition) is 6. The van der Waals surface area contributed by atoms with Crippen molar-refractivity contribution in [3.63, 3.8) is 0 Å². The molecule has 0 aliphatic rings. The molecule has 2 N–H and O–H groups in total. The average molecular weight is 250 g/mol. The molecule has 2 rings (SSSR count). The van der Waals surface area contributed by atoms with Gasteiger partial charge in [-0.15, -0.1) is 10.2 Å². The van der Waals surface area contributed by atoms with Gasteiger partial charge in [-0.2, -0.15) is 5.10 Å². The fourth-order valence-corrected chi connectivity index (χ4v) is 1.37. The Morgan fingerprint density at radius 1 is 1.50 bits per heavy atom. The summed E-state index contributed by atoms with van der Waals surface area (Å²) in [5.74, 6) is 0.959. The number of rotatable bonds is 4. The molecule has 0 spiro atoms. The molecule has 8 heteroatoms. The predicted octanol–water partition coefficient (Wildman–Crippen LogP) is -0.354. The van der Waals surface area contributed by atoms with E-state index in [4.69, 9.17) is 10.5 Å². The third-order valence-electron chi connectivity index (χ3n) is 2.49. The first-order valence-electron chi connectivity index (χ1n) is 5.34. The maximum absolute atomic E-state index is 11.5. The molecular weight excluding hydrogens is 236 g/mol. The number of aromatic nitrogens is 5. The number of carbonyl (C=O) groups excluding carboxylic acids is 1. The number of aryl methyl sites for hydroxylation is 1. The summed E-state index contributed by atoms with van der Waals surface area (Å²) in [7, 11) is 1.81. The van der Waals surface area contributed by atoms with Crippen molar-refractivity contribution in [2.75, 3.05) is 5.73 Å². The van der Waals surface area contributed by atoms with Crippen LogP contribution in [0.25, 0.3) is 0 Å². The van der Waals surface area contributed by atoms with E-state index in [1.807, 2.05) is 14.0 Å². The number of nitrogens with two attached hydrogens (primary N) is 1. The van der Waals surface area contributed by atoms with Crippen molar-refractivity contribution < 1.29 is 9.53 Å². The molecule has 0 amide bonds. The van der Waals surface area contributed by atoms with E-state index in [0.717, 1.165) is 5.82 Å². The molecular formula is C10H14N6O2. The highest BCUT2D eigenvalue weighted by atomic mass is 16.5. The Balaban J connectivity index is 1.87. The number of nitrogen functional groups attached to an aromatic ring is 1. The molecule has 0 aromatic carbocycles. The summed E-state index contributed by atoms with van der Waals surface area (Å²) in [6.07, 6.45) is 3.03. The number of anilines is 1. The molecule has 0 radical (unpaired) electrons. The lowest BCUT2D eigenvalue weighted by Gasteiger charge is -2.04. The van der Waals surface area contributed by atoms with E-state index in [1.54, 1.807) is 10.8 Å². The van der Waals surface area contributed by atoms with Gasteiger partial charge < -0.3 is 15.0 Å². The Morgan fingerprint density at radius 3 is 2.83 bits per heavy atom. The summed E-state index contributed by atoms with van der Waals surface area (Å²) in [5, 5.41) is 11.7. The van der Waals surface area contributed by atoms with Crippen molar-refractivity contribution in [1.82, 2.24) is 24.5 Å². The zero-order valence-corrected chi connectivity index (χ0v) is 10.2. The summed E-state index contributed by atoms with van der Waals surface area (Å²) >= 11 is 0. The number of hydrogen-bond donors (Lipinski definition) is 1. The van der Waals surface area contributed by atoms with Crippen molar-refractivity contribution >= 4 is 11.7 Å². The average Bonchev–Trinajstić information content (AvgIpc) is 2.86. The molecule has 0 aliphatic heterocycles. The number of nitrogens with zero attached hydrogens (tertiary/aromatic N) is 5. The summed E-state index contributed by atoms with van der Waals surface area (Å²) in [6.45, 7) is 1.94. The lowest BCUT2D eigenvalue weighted by Crippen LogP contribution is -2.15. The normalized spacial score (nSPS) is 10.6. The molecule has 0 saturated heterocycles. The van der Waals surface area contributed by atoms with Crippen LogP contribution in [0.4, 0.5) is 5.69 Å². The molecule has 0 bridgehead atoms. The summed E-state index contributed by atoms with van der Waals surface area (Å²) < 4.78 is 8.25. The van der Waals surface area contributed by atoms with Gasteiger partial charge in [0.1, 0.15) is 12.4 Å². The molecule has 2 aromatic heterocycles. The smallest absolute Gasteiger partial charge is 0.328 e. The lowest BCUT2D eigenvalue weighted by atomic mass is 10.6. The molecule has 0 fully saturated rings. The third-order valence-corrected chi connectivity index (χ3v) is 2.49. The topological polar surface area (TPSA) is 101 Å². The van der Waals surface area contributed by atoms with Crippen molar-refractivity contribution in [3.8, 4) is 0 Å². The van der Waals surface area contributed by atoms with Crippen LogP contribution in [0.2, 0.25) is 0 Å². The van der Waals surface area contributed by atoms with Crippen LogP contribution >= 0.6 is 0 Å². The number of esters is 1. The highest BCUT2D eigenvalue weighted by molar-refractivity contribution is 5.69. The van der Waals surface area contributed by atoms with Crippen molar-refractivity contribution in [2.45, 2.75) is 20.1 Å². The minimum absolute atomic E-state index is 0.0219. The quantitative estimate of drug-likeness (QED) is 0.744. The first-order chi connectivity index (χ1) is 8.56.